The van der Waals surface area contributed by atoms with Gasteiger partial charge in [0, 0.05) is 12.1 Å². The minimum atomic E-state index is -0.656. The number of hydrogen-bond acceptors (Lipinski definition) is 3. The second kappa shape index (κ2) is 3.41. The zero-order valence-corrected chi connectivity index (χ0v) is 8.37. The van der Waals surface area contributed by atoms with Crippen LogP contribution in [0.15, 0.2) is 48.7 Å². The first kappa shape index (κ1) is 9.03. The number of nitrogens with zero attached hydrogens (tertiary/aromatic N) is 1. The predicted molar refractivity (Wildman–Crippen MR) is 55.8 cm³/mol. The quantitative estimate of drug-likeness (QED) is 0.538. The van der Waals surface area contributed by atoms with E-state index < -0.39 is 6.29 Å². The lowest BCUT2D eigenvalue weighted by Gasteiger charge is -2.09. The van der Waals surface area contributed by atoms with Crippen LogP contribution in [0.2, 0.25) is 0 Å². The highest BCUT2D eigenvalue weighted by molar-refractivity contribution is 5.42. The summed E-state index contributed by atoms with van der Waals surface area (Å²) in [7, 11) is 0. The van der Waals surface area contributed by atoms with Gasteiger partial charge in [-0.25, -0.2) is 0 Å². The smallest absolute Gasteiger partial charge is 0.328 e. The van der Waals surface area contributed by atoms with Crippen LogP contribution in [0.5, 0.6) is 11.5 Å². The number of para-hydroxylation sites is 2. The minimum absolute atomic E-state index is 0.443. The van der Waals surface area contributed by atoms with Gasteiger partial charge < -0.3 is 14.7 Å². The van der Waals surface area contributed by atoms with E-state index in [0.29, 0.717) is 17.2 Å². The Hall–Kier alpha value is -2.23. The maximum Gasteiger partial charge on any atom is 0.328 e. The summed E-state index contributed by atoms with van der Waals surface area (Å²) in [4.78, 5) is 0. The van der Waals surface area contributed by atoms with E-state index in [4.69, 9.17) is 9.47 Å². The van der Waals surface area contributed by atoms with Crippen LogP contribution >= 0.6 is 0 Å². The topological polar surface area (TPSA) is 45.4 Å². The third-order valence-electron chi connectivity index (χ3n) is 2.41. The van der Waals surface area contributed by atoms with Crippen molar-refractivity contribution < 1.29 is 14.2 Å². The predicted octanol–water partition coefficient (Wildman–Crippen LogP) is 1.79. The van der Waals surface area contributed by atoms with Crippen LogP contribution in [-0.4, -0.2) is 0 Å². The van der Waals surface area contributed by atoms with Gasteiger partial charge in [-0.05, 0) is 18.2 Å². The van der Waals surface area contributed by atoms with Gasteiger partial charge in [-0.15, -0.1) is 0 Å². The van der Waals surface area contributed by atoms with Crippen molar-refractivity contribution in [2.45, 2.75) is 6.29 Å². The van der Waals surface area contributed by atoms with Gasteiger partial charge in [-0.1, -0.05) is 12.1 Å². The van der Waals surface area contributed by atoms with E-state index in [2.05, 4.69) is 0 Å². The molecular formula is C12H9NO3. The van der Waals surface area contributed by atoms with E-state index >= 15 is 0 Å². The highest BCUT2D eigenvalue weighted by atomic mass is 16.7. The Kier molecular flexibility index (Phi) is 1.93. The lowest BCUT2D eigenvalue weighted by molar-refractivity contribution is -0.620. The first-order valence-corrected chi connectivity index (χ1v) is 4.95. The Morgan fingerprint density at radius 2 is 1.56 bits per heavy atom. The van der Waals surface area contributed by atoms with Crippen molar-refractivity contribution in [1.29, 1.82) is 0 Å². The number of pyridine rings is 1. The number of ether oxygens (including phenoxy) is 2. The maximum atomic E-state index is 11.5. The van der Waals surface area contributed by atoms with Gasteiger partial charge in [-0.3, -0.25) is 0 Å². The van der Waals surface area contributed by atoms with Crippen molar-refractivity contribution in [3.63, 3.8) is 0 Å². The number of rotatable bonds is 1. The SMILES string of the molecule is [O-][n+]1ccccc1C1Oc2ccccc2O1. The van der Waals surface area contributed by atoms with Crippen LogP contribution in [0.25, 0.3) is 0 Å². The molecule has 1 aliphatic rings. The normalized spacial score (nSPS) is 14.0. The van der Waals surface area contributed by atoms with Crippen LogP contribution in [0, 0.1) is 5.21 Å². The first-order valence-electron chi connectivity index (χ1n) is 4.95. The fraction of sp³-hybridized carbons (Fsp3) is 0.0833. The summed E-state index contributed by atoms with van der Waals surface area (Å²) in [5.41, 5.74) is 0.443. The summed E-state index contributed by atoms with van der Waals surface area (Å²) in [6, 6.07) is 12.5. The van der Waals surface area contributed by atoms with Gasteiger partial charge in [0.1, 0.15) is 0 Å². The molecule has 1 aliphatic heterocycles. The lowest BCUT2D eigenvalue weighted by Crippen LogP contribution is -2.34. The van der Waals surface area contributed by atoms with Crippen molar-refractivity contribution in [1.82, 2.24) is 0 Å². The molecule has 0 atom stereocenters. The molecule has 0 saturated heterocycles. The Bertz CT molecular complexity index is 502. The van der Waals surface area contributed by atoms with E-state index in [-0.39, 0.29) is 0 Å². The number of benzene rings is 1. The summed E-state index contributed by atoms with van der Waals surface area (Å²) < 4.78 is 11.8. The second-order valence-corrected chi connectivity index (χ2v) is 3.47. The molecule has 0 fully saturated rings. The lowest BCUT2D eigenvalue weighted by atomic mass is 10.3. The van der Waals surface area contributed by atoms with Gasteiger partial charge in [0.2, 0.25) is 0 Å². The average molecular weight is 215 g/mol. The molecule has 0 bridgehead atoms. The van der Waals surface area contributed by atoms with Crippen molar-refractivity contribution in [2.24, 2.45) is 0 Å². The summed E-state index contributed by atoms with van der Waals surface area (Å²) in [5, 5.41) is 11.5. The summed E-state index contributed by atoms with van der Waals surface area (Å²) in [5.74, 6) is 1.33. The molecule has 4 nitrogen and oxygen atoms in total. The Morgan fingerprint density at radius 3 is 2.19 bits per heavy atom. The van der Waals surface area contributed by atoms with E-state index in [1.165, 1.54) is 6.20 Å². The highest BCUT2D eigenvalue weighted by Gasteiger charge is 2.30. The van der Waals surface area contributed by atoms with Crippen molar-refractivity contribution in [3.05, 3.63) is 59.6 Å². The fourth-order valence-corrected chi connectivity index (χ4v) is 1.64. The summed E-state index contributed by atoms with van der Waals surface area (Å²) >= 11 is 0. The van der Waals surface area contributed by atoms with Crippen LogP contribution in [0.3, 0.4) is 0 Å². The number of fused-ring (bicyclic) bond motifs is 1. The van der Waals surface area contributed by atoms with Crippen LogP contribution in [0.4, 0.5) is 0 Å². The Labute approximate surface area is 92.3 Å². The summed E-state index contributed by atoms with van der Waals surface area (Å²) in [6.45, 7) is 0. The monoisotopic (exact) mass is 215 g/mol. The molecular weight excluding hydrogens is 206 g/mol. The fourth-order valence-electron chi connectivity index (χ4n) is 1.64. The van der Waals surface area contributed by atoms with Crippen LogP contribution < -0.4 is 14.2 Å². The second-order valence-electron chi connectivity index (χ2n) is 3.47. The Morgan fingerprint density at radius 1 is 0.938 bits per heavy atom. The van der Waals surface area contributed by atoms with Crippen molar-refractivity contribution >= 4 is 0 Å². The van der Waals surface area contributed by atoms with E-state index in [1.54, 1.807) is 18.2 Å². The van der Waals surface area contributed by atoms with Crippen molar-refractivity contribution in [3.8, 4) is 11.5 Å². The van der Waals surface area contributed by atoms with E-state index in [0.717, 1.165) is 4.73 Å². The zero-order chi connectivity index (χ0) is 11.0. The zero-order valence-electron chi connectivity index (χ0n) is 8.37. The molecule has 1 aromatic heterocycles. The molecule has 80 valence electrons. The summed E-state index contributed by atoms with van der Waals surface area (Å²) in [6.07, 6.45) is 0.765. The molecule has 0 N–H and O–H groups in total. The van der Waals surface area contributed by atoms with Gasteiger partial charge in [0.25, 0.3) is 5.69 Å². The molecule has 0 spiro atoms. The standard InChI is InChI=1S/C12H9NO3/c14-13-8-4-3-5-9(13)12-15-10-6-1-2-7-11(10)16-12/h1-8,12H. The highest BCUT2D eigenvalue weighted by Crippen LogP contribution is 2.38. The van der Waals surface area contributed by atoms with Gasteiger partial charge in [-0.2, -0.15) is 4.73 Å². The van der Waals surface area contributed by atoms with Crippen LogP contribution in [-0.2, 0) is 0 Å². The molecule has 0 amide bonds. The van der Waals surface area contributed by atoms with Gasteiger partial charge in [0.15, 0.2) is 17.7 Å². The minimum Gasteiger partial charge on any atom is -0.618 e. The molecule has 2 heterocycles. The number of hydrogen-bond donors (Lipinski definition) is 0. The maximum absolute atomic E-state index is 11.5. The molecule has 2 aromatic rings. The third-order valence-corrected chi connectivity index (χ3v) is 2.41. The van der Waals surface area contributed by atoms with E-state index in [9.17, 15) is 5.21 Å². The molecule has 1 aromatic carbocycles. The van der Waals surface area contributed by atoms with E-state index in [1.807, 2.05) is 24.3 Å². The van der Waals surface area contributed by atoms with Gasteiger partial charge in [0.05, 0.1) is 0 Å². The molecule has 0 unspecified atom stereocenters. The van der Waals surface area contributed by atoms with Crippen molar-refractivity contribution in [2.75, 3.05) is 0 Å². The third kappa shape index (κ3) is 1.35. The molecule has 3 rings (SSSR count). The molecule has 16 heavy (non-hydrogen) atoms. The molecule has 4 heteroatoms. The first-order chi connectivity index (χ1) is 7.84. The largest absolute Gasteiger partial charge is 0.618 e. The Balaban J connectivity index is 1.95. The number of aromatic nitrogens is 1. The molecule has 0 saturated carbocycles. The molecule has 0 radical (unpaired) electrons. The van der Waals surface area contributed by atoms with Gasteiger partial charge >= 0.3 is 6.29 Å². The van der Waals surface area contributed by atoms with Crippen LogP contribution in [0.1, 0.15) is 12.0 Å². The average Bonchev–Trinajstić information content (AvgIpc) is 2.73. The molecule has 0 aliphatic carbocycles.